The van der Waals surface area contributed by atoms with E-state index < -0.39 is 0 Å². The Bertz CT molecular complexity index is 694. The Balaban J connectivity index is 0.00000225. The van der Waals surface area contributed by atoms with E-state index in [1.807, 2.05) is 36.1 Å². The number of hydrogen-bond donors (Lipinski definition) is 2. The van der Waals surface area contributed by atoms with Crippen LogP contribution in [0.4, 0.5) is 5.69 Å². The summed E-state index contributed by atoms with van der Waals surface area (Å²) in [4.78, 5) is 26.6. The fourth-order valence-corrected chi connectivity index (χ4v) is 5.28. The predicted molar refractivity (Wildman–Crippen MR) is 113 cm³/mol. The number of benzene rings is 1. The molecule has 28 heavy (non-hydrogen) atoms. The molecule has 2 bridgehead atoms. The van der Waals surface area contributed by atoms with Crippen LogP contribution in [0.1, 0.15) is 63.5 Å². The van der Waals surface area contributed by atoms with Crippen LogP contribution in [0.2, 0.25) is 0 Å². The fraction of sp³-hybridized carbons (Fsp3) is 0.636. The molecule has 2 aliphatic carbocycles. The first-order valence-electron chi connectivity index (χ1n) is 10.5. The number of halogens is 1. The van der Waals surface area contributed by atoms with Gasteiger partial charge < -0.3 is 16.0 Å². The van der Waals surface area contributed by atoms with Crippen LogP contribution in [0, 0.1) is 17.8 Å². The molecule has 5 nitrogen and oxygen atoms in total. The van der Waals surface area contributed by atoms with Crippen molar-refractivity contribution in [2.24, 2.45) is 23.5 Å². The van der Waals surface area contributed by atoms with Crippen LogP contribution in [-0.4, -0.2) is 24.4 Å². The molecule has 3 fully saturated rings. The Labute approximate surface area is 173 Å². The molecule has 3 unspecified atom stereocenters. The van der Waals surface area contributed by atoms with Crippen molar-refractivity contribution in [3.8, 4) is 0 Å². The minimum absolute atomic E-state index is 0. The summed E-state index contributed by atoms with van der Waals surface area (Å²) in [6.45, 7) is 2.83. The maximum atomic E-state index is 12.8. The van der Waals surface area contributed by atoms with Crippen LogP contribution in [0.3, 0.4) is 0 Å². The second-order valence-electron chi connectivity index (χ2n) is 8.67. The van der Waals surface area contributed by atoms with Crippen molar-refractivity contribution in [1.82, 2.24) is 5.32 Å². The first-order valence-corrected chi connectivity index (χ1v) is 10.5. The maximum absolute atomic E-state index is 12.8. The quantitative estimate of drug-likeness (QED) is 0.804. The summed E-state index contributed by atoms with van der Waals surface area (Å²) in [7, 11) is 0. The zero-order chi connectivity index (χ0) is 19.0. The van der Waals surface area contributed by atoms with Gasteiger partial charge in [-0.15, -0.1) is 12.4 Å². The van der Waals surface area contributed by atoms with Crippen molar-refractivity contribution < 1.29 is 9.59 Å². The smallest absolute Gasteiger partial charge is 0.227 e. The van der Waals surface area contributed by atoms with Gasteiger partial charge in [0.15, 0.2) is 0 Å². The summed E-state index contributed by atoms with van der Waals surface area (Å²) in [5.41, 5.74) is 8.38. The second-order valence-corrected chi connectivity index (χ2v) is 8.67. The Morgan fingerprint density at radius 1 is 1.14 bits per heavy atom. The molecule has 3 aliphatic rings. The number of fused-ring (bicyclic) bond motifs is 2. The molecular weight excluding hydrogens is 374 g/mol. The van der Waals surface area contributed by atoms with Crippen LogP contribution in [0.5, 0.6) is 0 Å². The van der Waals surface area contributed by atoms with Crippen LogP contribution in [0.25, 0.3) is 0 Å². The van der Waals surface area contributed by atoms with Crippen molar-refractivity contribution in [3.63, 3.8) is 0 Å². The number of amides is 2. The van der Waals surface area contributed by atoms with E-state index in [9.17, 15) is 9.59 Å². The fourth-order valence-electron chi connectivity index (χ4n) is 5.28. The minimum atomic E-state index is -0.0312. The van der Waals surface area contributed by atoms with Gasteiger partial charge >= 0.3 is 0 Å². The lowest BCUT2D eigenvalue weighted by atomic mass is 9.65. The van der Waals surface area contributed by atoms with Crippen LogP contribution >= 0.6 is 12.4 Å². The van der Waals surface area contributed by atoms with Gasteiger partial charge in [0.2, 0.25) is 11.8 Å². The molecule has 0 radical (unpaired) electrons. The lowest BCUT2D eigenvalue weighted by Crippen LogP contribution is -2.49. The van der Waals surface area contributed by atoms with Crippen molar-refractivity contribution in [2.75, 3.05) is 11.4 Å². The second kappa shape index (κ2) is 8.83. The number of carbonyl (C=O) groups excluding carboxylic acids is 2. The monoisotopic (exact) mass is 405 g/mol. The first kappa shape index (κ1) is 21.1. The Morgan fingerprint density at radius 2 is 1.79 bits per heavy atom. The standard InChI is InChI=1S/C22H31N3O2.ClH/c1-14(15-7-9-19(10-8-15)25-11-3-6-20(25)26)24-22(27)18-12-16-4-2-5-17(13-18)21(16)23;/h7-10,14,16-18,21H,2-6,11-13,23H2,1H3,(H,24,27);1H. The third-order valence-electron chi connectivity index (χ3n) is 6.92. The molecule has 2 amide bonds. The van der Waals surface area contributed by atoms with Crippen LogP contribution < -0.4 is 16.0 Å². The third-order valence-corrected chi connectivity index (χ3v) is 6.92. The molecule has 1 aliphatic heterocycles. The Morgan fingerprint density at radius 3 is 2.36 bits per heavy atom. The van der Waals surface area contributed by atoms with E-state index in [2.05, 4.69) is 5.32 Å². The van der Waals surface area contributed by atoms with Crippen LogP contribution in [0.15, 0.2) is 24.3 Å². The number of nitrogens with zero attached hydrogens (tertiary/aromatic N) is 1. The highest BCUT2D eigenvalue weighted by Gasteiger charge is 2.40. The van der Waals surface area contributed by atoms with Crippen LogP contribution in [-0.2, 0) is 9.59 Å². The summed E-state index contributed by atoms with van der Waals surface area (Å²) in [6, 6.07) is 8.29. The zero-order valence-corrected chi connectivity index (χ0v) is 17.4. The van der Waals surface area contributed by atoms with Gasteiger partial charge in [-0.3, -0.25) is 9.59 Å². The van der Waals surface area contributed by atoms with Crippen molar-refractivity contribution in [1.29, 1.82) is 0 Å². The zero-order valence-electron chi connectivity index (χ0n) is 16.6. The van der Waals surface area contributed by atoms with Gasteiger partial charge in [0.05, 0.1) is 6.04 Å². The van der Waals surface area contributed by atoms with Crippen molar-refractivity contribution in [3.05, 3.63) is 29.8 Å². The molecule has 4 rings (SSSR count). The average Bonchev–Trinajstić information content (AvgIpc) is 3.07. The largest absolute Gasteiger partial charge is 0.349 e. The van der Waals surface area contributed by atoms with E-state index in [1.165, 1.54) is 19.3 Å². The number of hydrogen-bond acceptors (Lipinski definition) is 3. The number of anilines is 1. The minimum Gasteiger partial charge on any atom is -0.349 e. The SMILES string of the molecule is CC(NC(=O)C1CC2CCCC(C1)C2N)c1ccc(N2CCCC2=O)cc1.Cl. The topological polar surface area (TPSA) is 75.4 Å². The van der Waals surface area contributed by atoms with E-state index in [1.54, 1.807) is 0 Å². The molecule has 1 aromatic rings. The first-order chi connectivity index (χ1) is 13.0. The Kier molecular flexibility index (Phi) is 6.66. The lowest BCUT2D eigenvalue weighted by molar-refractivity contribution is -0.128. The molecule has 0 spiro atoms. The van der Waals surface area contributed by atoms with E-state index in [0.29, 0.717) is 24.3 Å². The van der Waals surface area contributed by atoms with E-state index in [0.717, 1.165) is 37.1 Å². The molecular formula is C22H32ClN3O2. The number of nitrogens with two attached hydrogens (primary N) is 1. The van der Waals surface area contributed by atoms with Gasteiger partial charge in [0, 0.05) is 30.6 Å². The van der Waals surface area contributed by atoms with Gasteiger partial charge in [-0.25, -0.2) is 0 Å². The number of nitrogens with one attached hydrogen (secondary N) is 1. The number of rotatable bonds is 4. The molecule has 2 saturated carbocycles. The van der Waals surface area contributed by atoms with Gasteiger partial charge in [0.1, 0.15) is 0 Å². The third kappa shape index (κ3) is 4.20. The summed E-state index contributed by atoms with van der Waals surface area (Å²) in [5.74, 6) is 1.50. The highest BCUT2D eigenvalue weighted by atomic mass is 35.5. The van der Waals surface area contributed by atoms with E-state index in [4.69, 9.17) is 5.73 Å². The summed E-state index contributed by atoms with van der Waals surface area (Å²) in [5, 5.41) is 3.21. The molecule has 1 saturated heterocycles. The summed E-state index contributed by atoms with van der Waals surface area (Å²) >= 11 is 0. The Hall–Kier alpha value is -1.59. The molecule has 3 atom stereocenters. The molecule has 3 N–H and O–H groups in total. The summed E-state index contributed by atoms with van der Waals surface area (Å²) in [6.07, 6.45) is 7.06. The highest BCUT2D eigenvalue weighted by Crippen LogP contribution is 2.42. The summed E-state index contributed by atoms with van der Waals surface area (Å²) < 4.78 is 0. The number of carbonyl (C=O) groups is 2. The molecule has 0 aromatic heterocycles. The normalized spacial score (nSPS) is 30.5. The van der Waals surface area contributed by atoms with Gasteiger partial charge in [-0.2, -0.15) is 0 Å². The van der Waals surface area contributed by atoms with Gasteiger partial charge in [-0.05, 0) is 68.6 Å². The lowest BCUT2D eigenvalue weighted by Gasteiger charge is -2.43. The highest BCUT2D eigenvalue weighted by molar-refractivity contribution is 5.95. The molecule has 6 heteroatoms. The predicted octanol–water partition coefficient (Wildman–Crippen LogP) is 3.57. The van der Waals surface area contributed by atoms with Gasteiger partial charge in [-0.1, -0.05) is 18.6 Å². The molecule has 154 valence electrons. The van der Waals surface area contributed by atoms with E-state index >= 15 is 0 Å². The average molecular weight is 406 g/mol. The van der Waals surface area contributed by atoms with Gasteiger partial charge in [0.25, 0.3) is 0 Å². The molecule has 1 aromatic carbocycles. The molecule has 1 heterocycles. The van der Waals surface area contributed by atoms with Crippen molar-refractivity contribution in [2.45, 2.75) is 64.0 Å². The maximum Gasteiger partial charge on any atom is 0.227 e. The van der Waals surface area contributed by atoms with E-state index in [-0.39, 0.29) is 36.2 Å². The van der Waals surface area contributed by atoms with Crippen molar-refractivity contribution >= 4 is 29.9 Å².